The molecule has 0 atom stereocenters. The molecule has 1 amide bonds. The Bertz CT molecular complexity index is 551. The van der Waals surface area contributed by atoms with Crippen LogP contribution in [-0.2, 0) is 14.3 Å². The molecular formula is C12H12N2O5. The fourth-order valence-electron chi connectivity index (χ4n) is 1.39. The third-order valence-corrected chi connectivity index (χ3v) is 2.17. The quantitative estimate of drug-likeness (QED) is 0.386. The van der Waals surface area contributed by atoms with Crippen molar-refractivity contribution >= 4 is 29.3 Å². The van der Waals surface area contributed by atoms with Crippen molar-refractivity contribution < 1.29 is 19.2 Å². The van der Waals surface area contributed by atoms with Crippen LogP contribution in [0, 0.1) is 10.1 Å². The highest BCUT2D eigenvalue weighted by atomic mass is 16.6. The number of nitrogens with zero attached hydrogens (tertiary/aromatic N) is 1. The van der Waals surface area contributed by atoms with E-state index in [0.29, 0.717) is 5.56 Å². The lowest BCUT2D eigenvalue weighted by molar-refractivity contribution is -0.383. The van der Waals surface area contributed by atoms with Crippen molar-refractivity contribution in [1.29, 1.82) is 0 Å². The number of hydrogen-bond acceptors (Lipinski definition) is 5. The number of rotatable bonds is 4. The molecule has 7 heteroatoms. The number of para-hydroxylation sites is 1. The Kier molecular flexibility index (Phi) is 4.76. The molecule has 1 rings (SSSR count). The molecule has 0 aliphatic rings. The summed E-state index contributed by atoms with van der Waals surface area (Å²) in [6.07, 6.45) is 2.45. The van der Waals surface area contributed by atoms with Crippen LogP contribution in [0.5, 0.6) is 0 Å². The normalized spacial score (nSPS) is 10.2. The maximum absolute atomic E-state index is 11.1. The molecule has 1 aromatic rings. The monoisotopic (exact) mass is 264 g/mol. The van der Waals surface area contributed by atoms with Crippen molar-refractivity contribution in [1.82, 2.24) is 0 Å². The minimum absolute atomic E-state index is 0.0418. The van der Waals surface area contributed by atoms with E-state index in [2.05, 4.69) is 10.1 Å². The number of nitro benzene ring substituents is 1. The number of esters is 1. The average Bonchev–Trinajstić information content (AvgIpc) is 2.35. The van der Waals surface area contributed by atoms with E-state index >= 15 is 0 Å². The van der Waals surface area contributed by atoms with E-state index in [-0.39, 0.29) is 11.4 Å². The molecular weight excluding hydrogens is 252 g/mol. The first kappa shape index (κ1) is 14.4. The minimum atomic E-state index is -0.610. The zero-order valence-electron chi connectivity index (χ0n) is 10.4. The number of nitrogens with one attached hydrogen (secondary N) is 1. The van der Waals surface area contributed by atoms with Gasteiger partial charge in [-0.1, -0.05) is 12.1 Å². The first-order chi connectivity index (χ1) is 8.95. The number of nitro groups is 1. The Morgan fingerprint density at radius 2 is 2.11 bits per heavy atom. The fourth-order valence-corrected chi connectivity index (χ4v) is 1.39. The molecule has 100 valence electrons. The van der Waals surface area contributed by atoms with Crippen LogP contribution in [0.15, 0.2) is 24.3 Å². The summed E-state index contributed by atoms with van der Waals surface area (Å²) in [6, 6.07) is 4.26. The second-order valence-electron chi connectivity index (χ2n) is 3.54. The van der Waals surface area contributed by atoms with E-state index in [1.165, 1.54) is 38.3 Å². The standard InChI is InChI=1S/C12H12N2O5/c1-8(15)13-12-9(6-7-11(16)19-2)4-3-5-10(12)14(17)18/h3-7H,1-2H3,(H,13,15). The number of ether oxygens (including phenoxy) is 1. The number of carbonyl (C=O) groups is 2. The van der Waals surface area contributed by atoms with Gasteiger partial charge in [0.1, 0.15) is 5.69 Å². The van der Waals surface area contributed by atoms with Crippen molar-refractivity contribution in [2.45, 2.75) is 6.92 Å². The lowest BCUT2D eigenvalue weighted by Crippen LogP contribution is -2.09. The molecule has 7 nitrogen and oxygen atoms in total. The third kappa shape index (κ3) is 3.91. The molecule has 0 radical (unpaired) electrons. The number of amides is 1. The Balaban J connectivity index is 3.26. The highest BCUT2D eigenvalue weighted by Crippen LogP contribution is 2.29. The van der Waals surface area contributed by atoms with Gasteiger partial charge >= 0.3 is 5.97 Å². The van der Waals surface area contributed by atoms with E-state index in [9.17, 15) is 19.7 Å². The van der Waals surface area contributed by atoms with Gasteiger partial charge in [0, 0.05) is 24.6 Å². The van der Waals surface area contributed by atoms with Gasteiger partial charge in [0.05, 0.1) is 12.0 Å². The van der Waals surface area contributed by atoms with Crippen LogP contribution in [0.25, 0.3) is 6.08 Å². The number of benzene rings is 1. The van der Waals surface area contributed by atoms with Crippen LogP contribution in [0.3, 0.4) is 0 Å². The zero-order chi connectivity index (χ0) is 14.4. The first-order valence-electron chi connectivity index (χ1n) is 5.26. The van der Waals surface area contributed by atoms with Crippen molar-refractivity contribution in [3.63, 3.8) is 0 Å². The SMILES string of the molecule is COC(=O)C=Cc1cccc([N+](=O)[O-])c1NC(C)=O. The van der Waals surface area contributed by atoms with Gasteiger partial charge in [-0.05, 0) is 6.08 Å². The number of hydrogen-bond donors (Lipinski definition) is 1. The van der Waals surface area contributed by atoms with Gasteiger partial charge in [-0.25, -0.2) is 4.79 Å². The van der Waals surface area contributed by atoms with Crippen molar-refractivity contribution in [2.75, 3.05) is 12.4 Å². The van der Waals surface area contributed by atoms with E-state index in [4.69, 9.17) is 0 Å². The topological polar surface area (TPSA) is 98.5 Å². The van der Waals surface area contributed by atoms with Gasteiger partial charge in [0.2, 0.25) is 5.91 Å². The molecule has 1 aromatic carbocycles. The molecule has 0 saturated carbocycles. The van der Waals surface area contributed by atoms with Gasteiger partial charge in [-0.2, -0.15) is 0 Å². The molecule has 0 aromatic heterocycles. The minimum Gasteiger partial charge on any atom is -0.466 e. The summed E-state index contributed by atoms with van der Waals surface area (Å²) >= 11 is 0. The average molecular weight is 264 g/mol. The van der Waals surface area contributed by atoms with E-state index in [1.54, 1.807) is 0 Å². The molecule has 0 spiro atoms. The summed E-state index contributed by atoms with van der Waals surface area (Å²) in [5, 5.41) is 13.3. The summed E-state index contributed by atoms with van der Waals surface area (Å²) in [5.74, 6) is -1.04. The Morgan fingerprint density at radius 1 is 1.42 bits per heavy atom. The number of methoxy groups -OCH3 is 1. The van der Waals surface area contributed by atoms with E-state index < -0.39 is 16.8 Å². The van der Waals surface area contributed by atoms with Gasteiger partial charge in [0.25, 0.3) is 5.69 Å². The Morgan fingerprint density at radius 3 is 2.63 bits per heavy atom. The van der Waals surface area contributed by atoms with Crippen molar-refractivity contribution in [2.24, 2.45) is 0 Å². The molecule has 0 fully saturated rings. The Hall–Kier alpha value is -2.70. The van der Waals surface area contributed by atoms with Gasteiger partial charge in [-0.15, -0.1) is 0 Å². The van der Waals surface area contributed by atoms with Crippen LogP contribution in [0.1, 0.15) is 12.5 Å². The highest BCUT2D eigenvalue weighted by molar-refractivity contribution is 5.96. The lowest BCUT2D eigenvalue weighted by atomic mass is 10.1. The molecule has 0 saturated heterocycles. The molecule has 1 N–H and O–H groups in total. The van der Waals surface area contributed by atoms with Crippen molar-refractivity contribution in [3.05, 3.63) is 40.0 Å². The molecule has 0 aliphatic heterocycles. The summed E-state index contributed by atoms with van der Waals surface area (Å²) < 4.78 is 4.42. The third-order valence-electron chi connectivity index (χ3n) is 2.17. The number of carbonyl (C=O) groups excluding carboxylic acids is 2. The van der Waals surface area contributed by atoms with Gasteiger partial charge < -0.3 is 10.1 Å². The maximum atomic E-state index is 11.1. The van der Waals surface area contributed by atoms with Crippen LogP contribution < -0.4 is 5.32 Å². The predicted octanol–water partition coefficient (Wildman–Crippen LogP) is 1.74. The number of anilines is 1. The smallest absolute Gasteiger partial charge is 0.330 e. The fraction of sp³-hybridized carbons (Fsp3) is 0.167. The largest absolute Gasteiger partial charge is 0.466 e. The Labute approximate surface area is 109 Å². The summed E-state index contributed by atoms with van der Waals surface area (Å²) in [6.45, 7) is 1.24. The zero-order valence-corrected chi connectivity index (χ0v) is 10.4. The van der Waals surface area contributed by atoms with Crippen LogP contribution in [0.2, 0.25) is 0 Å². The first-order valence-corrected chi connectivity index (χ1v) is 5.26. The van der Waals surface area contributed by atoms with E-state index in [0.717, 1.165) is 6.08 Å². The van der Waals surface area contributed by atoms with Crippen LogP contribution in [-0.4, -0.2) is 23.9 Å². The summed E-state index contributed by atoms with van der Waals surface area (Å²) in [5.41, 5.74) is 0.136. The highest BCUT2D eigenvalue weighted by Gasteiger charge is 2.17. The molecule has 0 bridgehead atoms. The second-order valence-corrected chi connectivity index (χ2v) is 3.54. The van der Waals surface area contributed by atoms with Gasteiger partial charge in [0.15, 0.2) is 0 Å². The van der Waals surface area contributed by atoms with Gasteiger partial charge in [-0.3, -0.25) is 14.9 Å². The maximum Gasteiger partial charge on any atom is 0.330 e. The summed E-state index contributed by atoms with van der Waals surface area (Å²) in [4.78, 5) is 32.4. The van der Waals surface area contributed by atoms with E-state index in [1.807, 2.05) is 0 Å². The summed E-state index contributed by atoms with van der Waals surface area (Å²) in [7, 11) is 1.22. The predicted molar refractivity (Wildman–Crippen MR) is 68.5 cm³/mol. The molecule has 0 unspecified atom stereocenters. The van der Waals surface area contributed by atoms with Crippen LogP contribution >= 0.6 is 0 Å². The lowest BCUT2D eigenvalue weighted by Gasteiger charge is -2.07. The van der Waals surface area contributed by atoms with Crippen LogP contribution in [0.4, 0.5) is 11.4 Å². The second kappa shape index (κ2) is 6.29. The molecule has 0 heterocycles. The van der Waals surface area contributed by atoms with Crippen molar-refractivity contribution in [3.8, 4) is 0 Å². The molecule has 19 heavy (non-hydrogen) atoms. The molecule has 0 aliphatic carbocycles.